The molecule has 0 aromatic carbocycles. The highest BCUT2D eigenvalue weighted by molar-refractivity contribution is 14.1. The third-order valence-corrected chi connectivity index (χ3v) is 6.80. The van der Waals surface area contributed by atoms with E-state index >= 15 is 0 Å². The average Bonchev–Trinajstić information content (AvgIpc) is 3.06. The summed E-state index contributed by atoms with van der Waals surface area (Å²) in [5.74, 6) is -1.21. The van der Waals surface area contributed by atoms with Gasteiger partial charge in [0.2, 0.25) is 0 Å². The summed E-state index contributed by atoms with van der Waals surface area (Å²) < 4.78 is 60.8. The van der Waals surface area contributed by atoms with Crippen molar-refractivity contribution in [2.75, 3.05) is 143 Å². The van der Waals surface area contributed by atoms with Crippen molar-refractivity contribution >= 4 is 34.5 Å². The second-order valence-electron chi connectivity index (χ2n) is 10.0. The normalized spacial score (nSPS) is 11.3. The minimum Gasteiger partial charge on any atom is -0.481 e. The van der Waals surface area contributed by atoms with Crippen LogP contribution in [0.1, 0.15) is 51.4 Å². The molecule has 0 aliphatic carbocycles. The van der Waals surface area contributed by atoms with E-state index in [2.05, 4.69) is 22.6 Å². The maximum absolute atomic E-state index is 11.5. The van der Waals surface area contributed by atoms with Crippen LogP contribution in [0.2, 0.25) is 0 Å². The summed E-state index contributed by atoms with van der Waals surface area (Å²) in [5, 5.41) is 8.55. The van der Waals surface area contributed by atoms with E-state index in [0.717, 1.165) is 13.0 Å². The van der Waals surface area contributed by atoms with Gasteiger partial charge in [0.05, 0.1) is 126 Å². The zero-order valence-corrected chi connectivity index (χ0v) is 30.5. The fourth-order valence-corrected chi connectivity index (χ4v) is 4.10. The molecule has 0 rings (SSSR count). The van der Waals surface area contributed by atoms with Crippen molar-refractivity contribution in [3.05, 3.63) is 0 Å². The topological polar surface area (TPSA) is 156 Å². The van der Waals surface area contributed by atoms with E-state index in [1.807, 2.05) is 0 Å². The first-order valence-electron chi connectivity index (χ1n) is 16.9. The Balaban J connectivity index is 3.09. The first-order valence-corrected chi connectivity index (χ1v) is 18.4. The Morgan fingerprint density at radius 2 is 0.660 bits per heavy atom. The fraction of sp³-hybridized carbons (Fsp3) is 0.938. The van der Waals surface area contributed by atoms with Gasteiger partial charge in [-0.1, -0.05) is 35.4 Å². The van der Waals surface area contributed by atoms with Crippen molar-refractivity contribution in [3.8, 4) is 0 Å². The van der Waals surface area contributed by atoms with Crippen molar-refractivity contribution in [1.82, 2.24) is 0 Å². The largest absolute Gasteiger partial charge is 0.481 e. The molecule has 15 heteroatoms. The number of unbranched alkanes of at least 4 members (excludes halogenated alkanes) is 4. The van der Waals surface area contributed by atoms with E-state index in [1.54, 1.807) is 0 Å². The van der Waals surface area contributed by atoms with E-state index in [1.165, 1.54) is 23.7 Å². The van der Waals surface area contributed by atoms with Gasteiger partial charge in [-0.25, -0.2) is 0 Å². The van der Waals surface area contributed by atoms with E-state index in [0.29, 0.717) is 132 Å². The molecule has 1 N–H and O–H groups in total. The summed E-state index contributed by atoms with van der Waals surface area (Å²) >= 11 is 2.41. The number of carboxylic acid groups (broad SMARTS) is 1. The summed E-state index contributed by atoms with van der Waals surface area (Å²) in [6.45, 7) is 10.3. The molecule has 0 saturated heterocycles. The molecule has 0 unspecified atom stereocenters. The smallest absolute Gasteiger partial charge is 0.305 e. The molecule has 0 fully saturated rings. The molecule has 0 saturated carbocycles. The Bertz CT molecular complexity index is 647. The van der Waals surface area contributed by atoms with Gasteiger partial charge in [0.15, 0.2) is 0 Å². The zero-order valence-electron chi connectivity index (χ0n) is 28.3. The van der Waals surface area contributed by atoms with Gasteiger partial charge in [-0.05, 0) is 30.1 Å². The van der Waals surface area contributed by atoms with Gasteiger partial charge >= 0.3 is 11.9 Å². The first-order chi connectivity index (χ1) is 23.2. The molecule has 0 heterocycles. The SMILES string of the molecule is O=C(O)CCCCC(=O)OCCOCCOCCOCCOCCOCCOCCOCCOCCOCCOCCCCCCI. The van der Waals surface area contributed by atoms with Crippen LogP contribution in [-0.2, 0) is 61.7 Å². The van der Waals surface area contributed by atoms with Crippen LogP contribution >= 0.6 is 22.6 Å². The molecule has 0 aromatic heterocycles. The van der Waals surface area contributed by atoms with E-state index < -0.39 is 5.97 Å². The number of rotatable bonds is 41. The Morgan fingerprint density at radius 1 is 0.362 bits per heavy atom. The Morgan fingerprint density at radius 3 is 1.00 bits per heavy atom. The standard InChI is InChI=1S/C32H61IO14/c33-9-5-1-2-6-10-37-11-12-38-13-14-39-15-16-40-17-18-41-19-20-42-21-22-43-23-24-44-25-26-45-27-28-46-29-30-47-32(36)8-4-3-7-31(34)35/h1-30H2,(H,34,35). The lowest BCUT2D eigenvalue weighted by Gasteiger charge is -2.09. The molecule has 47 heavy (non-hydrogen) atoms. The van der Waals surface area contributed by atoms with Gasteiger partial charge < -0.3 is 57.2 Å². The maximum Gasteiger partial charge on any atom is 0.305 e. The molecule has 280 valence electrons. The van der Waals surface area contributed by atoms with Gasteiger partial charge in [0.25, 0.3) is 0 Å². The molecule has 0 spiro atoms. The van der Waals surface area contributed by atoms with Crippen LogP contribution in [-0.4, -0.2) is 160 Å². The molecule has 0 aromatic rings. The molecule has 0 amide bonds. The number of hydrogen-bond donors (Lipinski definition) is 1. The summed E-state index contributed by atoms with van der Waals surface area (Å²) in [6, 6.07) is 0. The lowest BCUT2D eigenvalue weighted by Crippen LogP contribution is -2.15. The third-order valence-electron chi connectivity index (χ3n) is 6.03. The summed E-state index contributed by atoms with van der Waals surface area (Å²) in [4.78, 5) is 21.9. The average molecular weight is 797 g/mol. The van der Waals surface area contributed by atoms with Crippen LogP contribution in [0.15, 0.2) is 0 Å². The van der Waals surface area contributed by atoms with Gasteiger partial charge in [-0.15, -0.1) is 0 Å². The fourth-order valence-electron chi connectivity index (χ4n) is 3.57. The number of halogens is 1. The molecule has 0 bridgehead atoms. The van der Waals surface area contributed by atoms with Gasteiger partial charge in [-0.3, -0.25) is 9.59 Å². The summed E-state index contributed by atoms with van der Waals surface area (Å²) in [6.07, 6.45) is 6.19. The van der Waals surface area contributed by atoms with Crippen molar-refractivity contribution in [1.29, 1.82) is 0 Å². The molecule has 0 atom stereocenters. The van der Waals surface area contributed by atoms with Crippen LogP contribution in [0.4, 0.5) is 0 Å². The monoisotopic (exact) mass is 796 g/mol. The second-order valence-corrected chi connectivity index (χ2v) is 11.1. The number of hydrogen-bond acceptors (Lipinski definition) is 13. The van der Waals surface area contributed by atoms with Gasteiger partial charge in [-0.2, -0.15) is 0 Å². The number of ether oxygens (including phenoxy) is 11. The minimum absolute atomic E-state index is 0.0619. The summed E-state index contributed by atoms with van der Waals surface area (Å²) in [7, 11) is 0. The van der Waals surface area contributed by atoms with Gasteiger partial charge in [0.1, 0.15) is 6.61 Å². The highest BCUT2D eigenvalue weighted by Crippen LogP contribution is 2.03. The van der Waals surface area contributed by atoms with Crippen LogP contribution in [0, 0.1) is 0 Å². The molecule has 0 aliphatic heterocycles. The number of alkyl halides is 1. The minimum atomic E-state index is -0.861. The van der Waals surface area contributed by atoms with E-state index in [-0.39, 0.29) is 32.0 Å². The second kappa shape index (κ2) is 41.4. The number of esters is 1. The molecule has 14 nitrogen and oxygen atoms in total. The van der Waals surface area contributed by atoms with Crippen molar-refractivity contribution in [3.63, 3.8) is 0 Å². The van der Waals surface area contributed by atoms with E-state index in [9.17, 15) is 9.59 Å². The highest BCUT2D eigenvalue weighted by Gasteiger charge is 2.04. The van der Waals surface area contributed by atoms with Crippen LogP contribution in [0.5, 0.6) is 0 Å². The van der Waals surface area contributed by atoms with Crippen LogP contribution in [0.25, 0.3) is 0 Å². The quantitative estimate of drug-likeness (QED) is 0.0416. The predicted octanol–water partition coefficient (Wildman–Crippen LogP) is 3.34. The Hall–Kier alpha value is -0.730. The number of carboxylic acids is 1. The lowest BCUT2D eigenvalue weighted by molar-refractivity contribution is -0.146. The zero-order chi connectivity index (χ0) is 34.1. The Labute approximate surface area is 295 Å². The van der Waals surface area contributed by atoms with Crippen molar-refractivity contribution in [2.24, 2.45) is 0 Å². The number of carbonyl (C=O) groups excluding carboxylic acids is 1. The molecule has 0 aliphatic rings. The lowest BCUT2D eigenvalue weighted by atomic mass is 10.2. The van der Waals surface area contributed by atoms with E-state index in [4.69, 9.17) is 57.2 Å². The van der Waals surface area contributed by atoms with Crippen molar-refractivity contribution in [2.45, 2.75) is 51.4 Å². The van der Waals surface area contributed by atoms with Crippen LogP contribution in [0.3, 0.4) is 0 Å². The molecular formula is C32H61IO14. The van der Waals surface area contributed by atoms with Crippen molar-refractivity contribution < 1.29 is 66.8 Å². The molecular weight excluding hydrogens is 735 g/mol. The third kappa shape index (κ3) is 43.2. The summed E-state index contributed by atoms with van der Waals surface area (Å²) in [5.41, 5.74) is 0. The van der Waals surface area contributed by atoms with Gasteiger partial charge in [0, 0.05) is 19.4 Å². The van der Waals surface area contributed by atoms with Crippen LogP contribution < -0.4 is 0 Å². The number of aliphatic carboxylic acids is 1. The maximum atomic E-state index is 11.5. The highest BCUT2D eigenvalue weighted by atomic mass is 127. The molecule has 0 radical (unpaired) electrons. The Kier molecular flexibility index (Phi) is 40.8. The first kappa shape index (κ1) is 46.3. The predicted molar refractivity (Wildman–Crippen MR) is 183 cm³/mol. The number of carbonyl (C=O) groups is 2.